The summed E-state index contributed by atoms with van der Waals surface area (Å²) in [5.74, 6) is 0.506. The fraction of sp³-hybridized carbons (Fsp3) is 0.370. The fourth-order valence-corrected chi connectivity index (χ4v) is 5.02. The van der Waals surface area contributed by atoms with Crippen LogP contribution in [0.4, 0.5) is 23.7 Å². The van der Waals surface area contributed by atoms with E-state index >= 15 is 0 Å². The predicted octanol–water partition coefficient (Wildman–Crippen LogP) is 6.78. The molecule has 4 rings (SSSR count). The van der Waals surface area contributed by atoms with Crippen LogP contribution in [-0.2, 0) is 11.6 Å². The lowest BCUT2D eigenvalue weighted by molar-refractivity contribution is -0.136. The van der Waals surface area contributed by atoms with E-state index in [0.717, 1.165) is 44.0 Å². The molecular weight excluding hydrogens is 475 g/mol. The molecule has 1 fully saturated rings. The highest BCUT2D eigenvalue weighted by Crippen LogP contribution is 2.37. The van der Waals surface area contributed by atoms with E-state index in [9.17, 15) is 18.0 Å². The summed E-state index contributed by atoms with van der Waals surface area (Å²) in [4.78, 5) is 12.6. The average Bonchev–Trinajstić information content (AvgIpc) is 2.84. The second-order valence-corrected chi connectivity index (χ2v) is 9.80. The number of anilines is 1. The van der Waals surface area contributed by atoms with Gasteiger partial charge in [-0.15, -0.1) is 0 Å². The molecule has 1 heterocycles. The van der Waals surface area contributed by atoms with Crippen LogP contribution in [0.1, 0.15) is 42.9 Å². The lowest BCUT2D eigenvalue weighted by Crippen LogP contribution is -2.48. The Kier molecular flexibility index (Phi) is 7.57. The van der Waals surface area contributed by atoms with Crippen molar-refractivity contribution in [2.45, 2.75) is 37.8 Å². The first kappa shape index (κ1) is 25.3. The summed E-state index contributed by atoms with van der Waals surface area (Å²) < 4.78 is 40.1. The summed E-state index contributed by atoms with van der Waals surface area (Å²) in [6.07, 6.45) is 4.42. The molecule has 0 saturated carbocycles. The molecule has 0 aromatic heterocycles. The van der Waals surface area contributed by atoms with Gasteiger partial charge in [-0.25, -0.2) is 4.79 Å². The predicted molar refractivity (Wildman–Crippen MR) is 135 cm³/mol. The molecule has 35 heavy (non-hydrogen) atoms. The van der Waals surface area contributed by atoms with Crippen molar-refractivity contribution in [3.63, 3.8) is 0 Å². The Balaban J connectivity index is 1.49. The van der Waals surface area contributed by atoms with Crippen molar-refractivity contribution < 1.29 is 18.0 Å². The maximum atomic E-state index is 13.4. The number of allylic oxidation sites excluding steroid dienone is 4. The zero-order chi connectivity index (χ0) is 25.1. The van der Waals surface area contributed by atoms with E-state index in [1.54, 1.807) is 0 Å². The molecule has 1 atom stereocenters. The van der Waals surface area contributed by atoms with E-state index in [-0.39, 0.29) is 16.1 Å². The van der Waals surface area contributed by atoms with Gasteiger partial charge < -0.3 is 16.0 Å². The van der Waals surface area contributed by atoms with Crippen LogP contribution >= 0.6 is 11.6 Å². The number of nitrogens with one attached hydrogen (secondary N) is 3. The van der Waals surface area contributed by atoms with E-state index < -0.39 is 17.8 Å². The van der Waals surface area contributed by atoms with Gasteiger partial charge in [-0.3, -0.25) is 0 Å². The van der Waals surface area contributed by atoms with Crippen LogP contribution in [-0.4, -0.2) is 25.7 Å². The van der Waals surface area contributed by atoms with E-state index in [0.29, 0.717) is 12.5 Å². The number of amides is 2. The van der Waals surface area contributed by atoms with Gasteiger partial charge in [0.25, 0.3) is 0 Å². The molecule has 186 valence electrons. The molecule has 0 bridgehead atoms. The van der Waals surface area contributed by atoms with Gasteiger partial charge in [-0.05, 0) is 73.2 Å². The summed E-state index contributed by atoms with van der Waals surface area (Å²) in [7, 11) is 0. The van der Waals surface area contributed by atoms with E-state index in [1.165, 1.54) is 23.3 Å². The lowest BCUT2D eigenvalue weighted by atomic mass is 9.72. The standard InChI is InChI=1S/C27H29ClF3N3O/c1-18-3-2-4-20(15-18)19-5-7-21(8-6-19)26(11-13-32-14-12-26)17-33-25(35)34-24-10-9-22(28)16-23(24)27(29,30)31/h2-10,16,18,32H,11-15,17H2,1H3,(H2,33,34,35). The Labute approximate surface area is 208 Å². The molecule has 2 aromatic rings. The van der Waals surface area contributed by atoms with Crippen molar-refractivity contribution in [1.29, 1.82) is 0 Å². The second-order valence-electron chi connectivity index (χ2n) is 9.36. The van der Waals surface area contributed by atoms with Crippen molar-refractivity contribution >= 4 is 28.9 Å². The molecule has 4 nitrogen and oxygen atoms in total. The zero-order valence-electron chi connectivity index (χ0n) is 19.5. The number of hydrogen-bond acceptors (Lipinski definition) is 2. The van der Waals surface area contributed by atoms with Crippen LogP contribution in [0.25, 0.3) is 5.57 Å². The van der Waals surface area contributed by atoms with Crippen LogP contribution in [0.15, 0.2) is 60.7 Å². The molecule has 1 saturated heterocycles. The molecule has 2 amide bonds. The molecule has 0 spiro atoms. The Bertz CT molecular complexity index is 1120. The molecule has 8 heteroatoms. The Morgan fingerprint density at radius 1 is 1.14 bits per heavy atom. The monoisotopic (exact) mass is 503 g/mol. The molecule has 1 unspecified atom stereocenters. The number of urea groups is 1. The van der Waals surface area contributed by atoms with Gasteiger partial charge in [0.15, 0.2) is 0 Å². The number of benzene rings is 2. The van der Waals surface area contributed by atoms with Crippen molar-refractivity contribution in [3.8, 4) is 0 Å². The van der Waals surface area contributed by atoms with Gasteiger partial charge in [0.2, 0.25) is 0 Å². The number of hydrogen-bond donors (Lipinski definition) is 3. The number of piperidine rings is 1. The highest BCUT2D eigenvalue weighted by molar-refractivity contribution is 6.30. The molecule has 1 aliphatic carbocycles. The van der Waals surface area contributed by atoms with E-state index in [2.05, 4.69) is 65.4 Å². The molecular formula is C27H29ClF3N3O. The summed E-state index contributed by atoms with van der Waals surface area (Å²) in [5.41, 5.74) is 1.99. The van der Waals surface area contributed by atoms with Crippen molar-refractivity contribution in [2.24, 2.45) is 5.92 Å². The normalized spacial score (nSPS) is 19.7. The van der Waals surface area contributed by atoms with Crippen molar-refractivity contribution in [2.75, 3.05) is 25.0 Å². The molecule has 0 radical (unpaired) electrons. The van der Waals surface area contributed by atoms with Gasteiger partial charge in [-0.1, -0.05) is 61.0 Å². The van der Waals surface area contributed by atoms with Crippen molar-refractivity contribution in [1.82, 2.24) is 10.6 Å². The third-order valence-electron chi connectivity index (χ3n) is 6.83. The van der Waals surface area contributed by atoms with Gasteiger partial charge in [0, 0.05) is 17.0 Å². The first-order valence-electron chi connectivity index (χ1n) is 11.8. The summed E-state index contributed by atoms with van der Waals surface area (Å²) >= 11 is 5.73. The van der Waals surface area contributed by atoms with Crippen molar-refractivity contribution in [3.05, 3.63) is 82.4 Å². The number of carbonyl (C=O) groups is 1. The maximum absolute atomic E-state index is 13.4. The van der Waals surface area contributed by atoms with E-state index in [4.69, 9.17) is 11.6 Å². The fourth-order valence-electron chi connectivity index (χ4n) is 4.85. The summed E-state index contributed by atoms with van der Waals surface area (Å²) in [6, 6.07) is 11.1. The smallest absolute Gasteiger partial charge is 0.337 e. The largest absolute Gasteiger partial charge is 0.418 e. The highest BCUT2D eigenvalue weighted by Gasteiger charge is 2.36. The summed E-state index contributed by atoms with van der Waals surface area (Å²) in [6.45, 7) is 4.11. The van der Waals surface area contributed by atoms with Crippen LogP contribution < -0.4 is 16.0 Å². The highest BCUT2D eigenvalue weighted by atomic mass is 35.5. The number of alkyl halides is 3. The quantitative estimate of drug-likeness (QED) is 0.421. The molecule has 1 aliphatic heterocycles. The lowest BCUT2D eigenvalue weighted by Gasteiger charge is -2.38. The van der Waals surface area contributed by atoms with E-state index in [1.807, 2.05) is 0 Å². The molecule has 2 aliphatic rings. The number of halogens is 4. The third-order valence-corrected chi connectivity index (χ3v) is 7.07. The topological polar surface area (TPSA) is 53.2 Å². The minimum Gasteiger partial charge on any atom is -0.337 e. The number of carbonyl (C=O) groups excluding carboxylic acids is 1. The van der Waals surface area contributed by atoms with Gasteiger partial charge >= 0.3 is 12.2 Å². The molecule has 2 aromatic carbocycles. The molecule has 3 N–H and O–H groups in total. The zero-order valence-corrected chi connectivity index (χ0v) is 20.3. The number of rotatable bonds is 5. The average molecular weight is 504 g/mol. The first-order chi connectivity index (χ1) is 16.7. The summed E-state index contributed by atoms with van der Waals surface area (Å²) in [5, 5.41) is 8.47. The first-order valence-corrected chi connectivity index (χ1v) is 12.1. The van der Waals surface area contributed by atoms with Crippen LogP contribution in [0.2, 0.25) is 5.02 Å². The van der Waals surface area contributed by atoms with Crippen LogP contribution in [0, 0.1) is 5.92 Å². The van der Waals surface area contributed by atoms with Crippen LogP contribution in [0.5, 0.6) is 0 Å². The van der Waals surface area contributed by atoms with Crippen LogP contribution in [0.3, 0.4) is 0 Å². The third kappa shape index (κ3) is 6.08. The SMILES string of the molecule is CC1C=CC=C(c2ccc(C3(CNC(=O)Nc4ccc(Cl)cc4C(F)(F)F)CCNCC3)cc2)C1. The van der Waals surface area contributed by atoms with Gasteiger partial charge in [0.1, 0.15) is 0 Å². The van der Waals surface area contributed by atoms with Gasteiger partial charge in [-0.2, -0.15) is 13.2 Å². The Morgan fingerprint density at radius 3 is 2.51 bits per heavy atom. The van der Waals surface area contributed by atoms with Gasteiger partial charge in [0.05, 0.1) is 11.3 Å². The Hall–Kier alpha value is -2.77. The minimum absolute atomic E-state index is 0.0464. The maximum Gasteiger partial charge on any atom is 0.418 e. The minimum atomic E-state index is -4.63. The second kappa shape index (κ2) is 10.5. The Morgan fingerprint density at radius 2 is 1.86 bits per heavy atom.